The predicted molar refractivity (Wildman–Crippen MR) is 70.2 cm³/mol. The fraction of sp³-hybridized carbons (Fsp3) is 0.333. The van der Waals surface area contributed by atoms with Crippen LogP contribution in [0.5, 0.6) is 0 Å². The molecular formula is C12H15N3O3S. The van der Waals surface area contributed by atoms with Crippen molar-refractivity contribution >= 4 is 9.84 Å². The summed E-state index contributed by atoms with van der Waals surface area (Å²) in [5.41, 5.74) is 6.00. The molecule has 0 unspecified atom stereocenters. The molecular weight excluding hydrogens is 266 g/mol. The summed E-state index contributed by atoms with van der Waals surface area (Å²) in [6, 6.07) is 6.43. The van der Waals surface area contributed by atoms with Gasteiger partial charge in [-0.05, 0) is 31.2 Å². The molecule has 0 saturated carbocycles. The monoisotopic (exact) mass is 281 g/mol. The van der Waals surface area contributed by atoms with Crippen molar-refractivity contribution in [2.24, 2.45) is 5.73 Å². The van der Waals surface area contributed by atoms with Crippen LogP contribution in [-0.4, -0.2) is 31.4 Å². The molecule has 6 nitrogen and oxygen atoms in total. The first-order valence-electron chi connectivity index (χ1n) is 5.83. The predicted octanol–water partition coefficient (Wildman–Crippen LogP) is 1.03. The van der Waals surface area contributed by atoms with Gasteiger partial charge in [-0.15, -0.1) is 10.2 Å². The number of nitrogens with zero attached hydrogens (tertiary/aromatic N) is 2. The second-order valence-corrected chi connectivity index (χ2v) is 6.21. The van der Waals surface area contributed by atoms with Gasteiger partial charge < -0.3 is 10.2 Å². The highest BCUT2D eigenvalue weighted by atomic mass is 32.2. The molecule has 2 N–H and O–H groups in total. The maximum atomic E-state index is 11.5. The summed E-state index contributed by atoms with van der Waals surface area (Å²) < 4.78 is 28.4. The number of hydrogen-bond acceptors (Lipinski definition) is 6. The molecule has 7 heteroatoms. The second-order valence-electron chi connectivity index (χ2n) is 4.19. The van der Waals surface area contributed by atoms with Crippen LogP contribution in [-0.2, 0) is 16.3 Å². The van der Waals surface area contributed by atoms with Crippen LogP contribution >= 0.6 is 0 Å². The van der Waals surface area contributed by atoms with Gasteiger partial charge >= 0.3 is 0 Å². The molecule has 0 amide bonds. The molecule has 1 aromatic heterocycles. The van der Waals surface area contributed by atoms with E-state index in [9.17, 15) is 8.42 Å². The maximum Gasteiger partial charge on any atom is 0.247 e. The van der Waals surface area contributed by atoms with Gasteiger partial charge in [0.2, 0.25) is 11.8 Å². The summed E-state index contributed by atoms with van der Waals surface area (Å²) in [6.07, 6.45) is 2.55. The molecule has 0 aliphatic rings. The van der Waals surface area contributed by atoms with E-state index in [1.807, 2.05) is 0 Å². The first kappa shape index (κ1) is 13.7. The average Bonchev–Trinajstić information content (AvgIpc) is 2.84. The van der Waals surface area contributed by atoms with Crippen molar-refractivity contribution in [1.82, 2.24) is 10.2 Å². The summed E-state index contributed by atoms with van der Waals surface area (Å²) in [7, 11) is -3.25. The van der Waals surface area contributed by atoms with Gasteiger partial charge in [0.1, 0.15) is 0 Å². The van der Waals surface area contributed by atoms with E-state index in [2.05, 4.69) is 10.2 Å². The number of benzene rings is 1. The van der Waals surface area contributed by atoms with Gasteiger partial charge in [0.05, 0.1) is 4.90 Å². The molecule has 0 fully saturated rings. The SMILES string of the molecule is CS(=O)(=O)c1cccc(-c2nnc(CCCN)o2)c1. The van der Waals surface area contributed by atoms with Crippen LogP contribution in [0.25, 0.3) is 11.5 Å². The number of rotatable bonds is 5. The summed E-state index contributed by atoms with van der Waals surface area (Å²) in [4.78, 5) is 0.228. The molecule has 2 rings (SSSR count). The molecule has 2 aromatic rings. The second kappa shape index (κ2) is 5.50. The van der Waals surface area contributed by atoms with Crippen molar-refractivity contribution in [3.05, 3.63) is 30.2 Å². The lowest BCUT2D eigenvalue weighted by Crippen LogP contribution is -2.00. The topological polar surface area (TPSA) is 99.1 Å². The zero-order chi connectivity index (χ0) is 13.9. The number of sulfone groups is 1. The first-order valence-corrected chi connectivity index (χ1v) is 7.73. The highest BCUT2D eigenvalue weighted by molar-refractivity contribution is 7.90. The molecule has 1 heterocycles. The molecule has 0 aliphatic carbocycles. The number of aryl methyl sites for hydroxylation is 1. The fourth-order valence-electron chi connectivity index (χ4n) is 1.58. The summed E-state index contributed by atoms with van der Waals surface area (Å²) in [5.74, 6) is 0.822. The van der Waals surface area contributed by atoms with Crippen LogP contribution < -0.4 is 5.73 Å². The van der Waals surface area contributed by atoms with E-state index in [0.29, 0.717) is 30.3 Å². The van der Waals surface area contributed by atoms with E-state index in [0.717, 1.165) is 12.7 Å². The average molecular weight is 281 g/mol. The highest BCUT2D eigenvalue weighted by Gasteiger charge is 2.12. The van der Waals surface area contributed by atoms with Gasteiger partial charge in [-0.25, -0.2) is 8.42 Å². The fourth-order valence-corrected chi connectivity index (χ4v) is 2.25. The molecule has 0 bridgehead atoms. The molecule has 0 aliphatic heterocycles. The molecule has 0 radical (unpaired) electrons. The zero-order valence-corrected chi connectivity index (χ0v) is 11.4. The Morgan fingerprint density at radius 1 is 1.32 bits per heavy atom. The van der Waals surface area contributed by atoms with Crippen molar-refractivity contribution in [3.63, 3.8) is 0 Å². The van der Waals surface area contributed by atoms with E-state index in [-0.39, 0.29) is 4.90 Å². The Hall–Kier alpha value is -1.73. The van der Waals surface area contributed by atoms with Crippen molar-refractivity contribution in [2.45, 2.75) is 17.7 Å². The van der Waals surface area contributed by atoms with E-state index in [1.165, 1.54) is 12.1 Å². The molecule has 1 aromatic carbocycles. The van der Waals surface area contributed by atoms with Crippen molar-refractivity contribution in [1.29, 1.82) is 0 Å². The third-order valence-corrected chi connectivity index (χ3v) is 3.68. The Morgan fingerprint density at radius 3 is 2.79 bits per heavy atom. The van der Waals surface area contributed by atoms with Crippen LogP contribution in [0, 0.1) is 0 Å². The molecule has 0 spiro atoms. The van der Waals surface area contributed by atoms with Crippen molar-refractivity contribution in [2.75, 3.05) is 12.8 Å². The van der Waals surface area contributed by atoms with Gasteiger partial charge in [-0.3, -0.25) is 0 Å². The normalized spacial score (nSPS) is 11.7. The van der Waals surface area contributed by atoms with Crippen molar-refractivity contribution < 1.29 is 12.8 Å². The first-order chi connectivity index (χ1) is 9.00. The van der Waals surface area contributed by atoms with E-state index >= 15 is 0 Å². The minimum absolute atomic E-state index is 0.228. The zero-order valence-electron chi connectivity index (χ0n) is 10.5. The third kappa shape index (κ3) is 3.39. The van der Waals surface area contributed by atoms with Crippen LogP contribution in [0.2, 0.25) is 0 Å². The van der Waals surface area contributed by atoms with Gasteiger partial charge in [0, 0.05) is 18.2 Å². The lowest BCUT2D eigenvalue weighted by atomic mass is 10.2. The largest absolute Gasteiger partial charge is 0.421 e. The summed E-state index contributed by atoms with van der Waals surface area (Å²) >= 11 is 0. The molecule has 19 heavy (non-hydrogen) atoms. The van der Waals surface area contributed by atoms with Crippen molar-refractivity contribution in [3.8, 4) is 11.5 Å². The van der Waals surface area contributed by atoms with Crippen LogP contribution in [0.3, 0.4) is 0 Å². The lowest BCUT2D eigenvalue weighted by Gasteiger charge is -1.99. The third-order valence-electron chi connectivity index (χ3n) is 2.57. The number of hydrogen-bond donors (Lipinski definition) is 1. The van der Waals surface area contributed by atoms with Crippen LogP contribution in [0.1, 0.15) is 12.3 Å². The molecule has 0 atom stereocenters. The molecule has 102 valence electrons. The minimum Gasteiger partial charge on any atom is -0.421 e. The smallest absolute Gasteiger partial charge is 0.247 e. The Kier molecular flexibility index (Phi) is 3.96. The standard InChI is InChI=1S/C12H15N3O3S/c1-19(16,17)10-5-2-4-9(8-10)12-15-14-11(18-12)6-3-7-13/h2,4-5,8H,3,6-7,13H2,1H3. The quantitative estimate of drug-likeness (QED) is 0.878. The molecule has 0 saturated heterocycles. The van der Waals surface area contributed by atoms with Gasteiger partial charge in [0.15, 0.2) is 9.84 Å². The van der Waals surface area contributed by atoms with E-state index in [4.69, 9.17) is 10.2 Å². The number of nitrogens with two attached hydrogens (primary N) is 1. The Labute approximate surface area is 111 Å². The minimum atomic E-state index is -3.25. The van der Waals surface area contributed by atoms with E-state index < -0.39 is 9.84 Å². The van der Waals surface area contributed by atoms with Crippen LogP contribution in [0.15, 0.2) is 33.6 Å². The van der Waals surface area contributed by atoms with Crippen LogP contribution in [0.4, 0.5) is 0 Å². The number of aromatic nitrogens is 2. The Bertz CT molecular complexity index is 664. The maximum absolute atomic E-state index is 11.5. The highest BCUT2D eigenvalue weighted by Crippen LogP contribution is 2.21. The van der Waals surface area contributed by atoms with Gasteiger partial charge in [0.25, 0.3) is 0 Å². The lowest BCUT2D eigenvalue weighted by molar-refractivity contribution is 0.499. The summed E-state index contributed by atoms with van der Waals surface area (Å²) in [6.45, 7) is 0.557. The van der Waals surface area contributed by atoms with E-state index in [1.54, 1.807) is 12.1 Å². The van der Waals surface area contributed by atoms with Gasteiger partial charge in [-0.2, -0.15) is 0 Å². The van der Waals surface area contributed by atoms with Gasteiger partial charge in [-0.1, -0.05) is 6.07 Å². The Balaban J connectivity index is 2.29. The Morgan fingerprint density at radius 2 is 2.11 bits per heavy atom. The summed E-state index contributed by atoms with van der Waals surface area (Å²) in [5, 5.41) is 7.81.